The van der Waals surface area contributed by atoms with Crippen LogP contribution in [0.5, 0.6) is 5.75 Å². The van der Waals surface area contributed by atoms with Crippen LogP contribution in [0.4, 0.5) is 5.69 Å². The fourth-order valence-corrected chi connectivity index (χ4v) is 3.95. The van der Waals surface area contributed by atoms with Gasteiger partial charge in [0, 0.05) is 29.1 Å². The summed E-state index contributed by atoms with van der Waals surface area (Å²) in [6.07, 6.45) is 0. The molecule has 2 amide bonds. The molecule has 1 heterocycles. The maximum atomic E-state index is 12.7. The Labute approximate surface area is 190 Å². The Kier molecular flexibility index (Phi) is 6.47. The van der Waals surface area contributed by atoms with Crippen LogP contribution in [0.1, 0.15) is 21.1 Å². The van der Waals surface area contributed by atoms with Crippen molar-refractivity contribution in [2.24, 2.45) is 0 Å². The van der Waals surface area contributed by atoms with Gasteiger partial charge in [0.15, 0.2) is 0 Å². The van der Waals surface area contributed by atoms with E-state index in [9.17, 15) is 9.59 Å². The molecule has 4 rings (SSSR count). The van der Waals surface area contributed by atoms with E-state index in [1.807, 2.05) is 54.8 Å². The second-order valence-corrected chi connectivity index (χ2v) is 8.47. The summed E-state index contributed by atoms with van der Waals surface area (Å²) in [5, 5.41) is 7.87. The molecule has 1 aromatic heterocycles. The number of hydrogen-bond donors (Lipinski definition) is 1. The zero-order chi connectivity index (χ0) is 22.5. The van der Waals surface area contributed by atoms with Gasteiger partial charge in [-0.05, 0) is 42.6 Å². The molecule has 162 valence electrons. The number of carbonyl (C=O) groups excluding carboxylic acids is 2. The van der Waals surface area contributed by atoms with Gasteiger partial charge in [-0.3, -0.25) is 9.59 Å². The molecule has 0 unspecified atom stereocenters. The smallest absolute Gasteiger partial charge is 0.254 e. The minimum Gasteiger partial charge on any atom is -0.487 e. The first-order chi connectivity index (χ1) is 15.5. The minimum atomic E-state index is -0.254. The highest BCUT2D eigenvalue weighted by Gasteiger charge is 2.16. The number of nitrogens with one attached hydrogen (secondary N) is 1. The average molecular weight is 446 g/mol. The summed E-state index contributed by atoms with van der Waals surface area (Å²) in [6.45, 7) is 2.28. The van der Waals surface area contributed by atoms with Gasteiger partial charge < -0.3 is 15.0 Å². The van der Waals surface area contributed by atoms with Crippen LogP contribution in [0.3, 0.4) is 0 Å². The van der Waals surface area contributed by atoms with Gasteiger partial charge in [0.2, 0.25) is 5.91 Å². The van der Waals surface area contributed by atoms with Crippen molar-refractivity contribution in [3.8, 4) is 5.75 Å². The lowest BCUT2D eigenvalue weighted by Crippen LogP contribution is -2.34. The van der Waals surface area contributed by atoms with Crippen molar-refractivity contribution in [3.05, 3.63) is 88.4 Å². The van der Waals surface area contributed by atoms with Gasteiger partial charge in [0.05, 0.1) is 17.2 Å². The molecule has 0 fully saturated rings. The van der Waals surface area contributed by atoms with E-state index in [1.54, 1.807) is 42.6 Å². The zero-order valence-corrected chi connectivity index (χ0v) is 18.7. The van der Waals surface area contributed by atoms with Crippen LogP contribution in [0.2, 0.25) is 0 Å². The summed E-state index contributed by atoms with van der Waals surface area (Å²) in [5.41, 5.74) is 2.10. The molecule has 0 bridgehead atoms. The van der Waals surface area contributed by atoms with Crippen molar-refractivity contribution >= 4 is 39.6 Å². The number of benzene rings is 3. The number of likely N-dealkylation sites (N-methyl/N-ethyl adjacent to an activating group) is 1. The maximum absolute atomic E-state index is 12.7. The van der Waals surface area contributed by atoms with E-state index in [2.05, 4.69) is 10.3 Å². The zero-order valence-electron chi connectivity index (χ0n) is 17.9. The third-order valence-electron chi connectivity index (χ3n) is 4.95. The van der Waals surface area contributed by atoms with Crippen molar-refractivity contribution in [2.75, 3.05) is 18.9 Å². The second-order valence-electron chi connectivity index (χ2n) is 7.41. The molecular weight excluding hydrogens is 422 g/mol. The molecule has 1 N–H and O–H groups in total. The predicted molar refractivity (Wildman–Crippen MR) is 127 cm³/mol. The number of rotatable bonds is 7. The highest BCUT2D eigenvalue weighted by Crippen LogP contribution is 2.23. The van der Waals surface area contributed by atoms with E-state index in [0.29, 0.717) is 17.9 Å². The Bertz CT molecular complexity index is 1250. The molecule has 0 saturated heterocycles. The van der Waals surface area contributed by atoms with E-state index in [4.69, 9.17) is 4.74 Å². The van der Waals surface area contributed by atoms with Crippen LogP contribution in [0.25, 0.3) is 10.8 Å². The largest absolute Gasteiger partial charge is 0.487 e. The SMILES string of the molecule is Cc1nc(COc2ccc(C(=O)N(C)CC(=O)Nc3cccc4ccccc34)cc2)cs1. The molecule has 0 spiro atoms. The average Bonchev–Trinajstić information content (AvgIpc) is 3.23. The number of thiazole rings is 1. The molecule has 0 radical (unpaired) electrons. The molecule has 0 aliphatic carbocycles. The molecule has 7 heteroatoms. The first-order valence-electron chi connectivity index (χ1n) is 10.2. The number of aryl methyl sites for hydroxylation is 1. The molecular formula is C25H23N3O3S. The monoisotopic (exact) mass is 445 g/mol. The summed E-state index contributed by atoms with van der Waals surface area (Å²) >= 11 is 1.58. The number of amides is 2. The van der Waals surface area contributed by atoms with Crippen molar-refractivity contribution in [3.63, 3.8) is 0 Å². The first-order valence-corrected chi connectivity index (χ1v) is 11.0. The third-order valence-corrected chi connectivity index (χ3v) is 5.77. The van der Waals surface area contributed by atoms with Crippen LogP contribution < -0.4 is 10.1 Å². The number of hydrogen-bond acceptors (Lipinski definition) is 5. The number of anilines is 1. The van der Waals surface area contributed by atoms with Crippen molar-refractivity contribution in [1.82, 2.24) is 9.88 Å². The van der Waals surface area contributed by atoms with Gasteiger partial charge in [-0.1, -0.05) is 36.4 Å². The first kappa shape index (κ1) is 21.5. The molecule has 4 aromatic rings. The summed E-state index contributed by atoms with van der Waals surface area (Å²) in [4.78, 5) is 31.0. The minimum absolute atomic E-state index is 0.0521. The maximum Gasteiger partial charge on any atom is 0.254 e. The van der Waals surface area contributed by atoms with Gasteiger partial charge in [-0.15, -0.1) is 11.3 Å². The fraction of sp³-hybridized carbons (Fsp3) is 0.160. The fourth-order valence-electron chi connectivity index (χ4n) is 3.36. The Morgan fingerprint density at radius 3 is 2.53 bits per heavy atom. The number of fused-ring (bicyclic) bond motifs is 1. The summed E-state index contributed by atoms with van der Waals surface area (Å²) in [6, 6.07) is 20.5. The molecule has 32 heavy (non-hydrogen) atoms. The van der Waals surface area contributed by atoms with Gasteiger partial charge in [0.1, 0.15) is 12.4 Å². The highest BCUT2D eigenvalue weighted by molar-refractivity contribution is 7.09. The second kappa shape index (κ2) is 9.62. The lowest BCUT2D eigenvalue weighted by molar-refractivity contribution is -0.116. The summed E-state index contributed by atoms with van der Waals surface area (Å²) in [5.74, 6) is 0.166. The standard InChI is InChI=1S/C25H23N3O3S/c1-17-26-20(16-32-17)15-31-21-12-10-19(11-13-21)25(30)28(2)14-24(29)27-23-9-5-7-18-6-3-4-8-22(18)23/h3-13,16H,14-15H2,1-2H3,(H,27,29). The van der Waals surface area contributed by atoms with E-state index >= 15 is 0 Å². The predicted octanol–water partition coefficient (Wildman–Crippen LogP) is 4.89. The lowest BCUT2D eigenvalue weighted by Gasteiger charge is -2.17. The summed E-state index contributed by atoms with van der Waals surface area (Å²) in [7, 11) is 1.61. The van der Waals surface area contributed by atoms with Crippen LogP contribution in [-0.4, -0.2) is 35.3 Å². The van der Waals surface area contributed by atoms with E-state index < -0.39 is 0 Å². The number of aromatic nitrogens is 1. The molecule has 6 nitrogen and oxygen atoms in total. The molecule has 0 aliphatic rings. The summed E-state index contributed by atoms with van der Waals surface area (Å²) < 4.78 is 5.72. The van der Waals surface area contributed by atoms with E-state index in [1.165, 1.54) is 4.90 Å². The van der Waals surface area contributed by atoms with Crippen LogP contribution >= 0.6 is 11.3 Å². The molecule has 0 aliphatic heterocycles. The third kappa shape index (κ3) is 5.12. The Morgan fingerprint density at radius 1 is 1.03 bits per heavy atom. The molecule has 0 atom stereocenters. The highest BCUT2D eigenvalue weighted by atomic mass is 32.1. The van der Waals surface area contributed by atoms with Crippen molar-refractivity contribution in [1.29, 1.82) is 0 Å². The van der Waals surface area contributed by atoms with Gasteiger partial charge >= 0.3 is 0 Å². The quantitative estimate of drug-likeness (QED) is 0.439. The van der Waals surface area contributed by atoms with Gasteiger partial charge in [0.25, 0.3) is 5.91 Å². The number of ether oxygens (including phenoxy) is 1. The van der Waals surface area contributed by atoms with Gasteiger partial charge in [-0.2, -0.15) is 0 Å². The topological polar surface area (TPSA) is 71.5 Å². The van der Waals surface area contributed by atoms with Crippen LogP contribution in [-0.2, 0) is 11.4 Å². The van der Waals surface area contributed by atoms with Crippen LogP contribution in [0, 0.1) is 6.92 Å². The molecule has 0 saturated carbocycles. The van der Waals surface area contributed by atoms with Crippen molar-refractivity contribution in [2.45, 2.75) is 13.5 Å². The Hall–Kier alpha value is -3.71. The Morgan fingerprint density at radius 2 is 1.78 bits per heavy atom. The van der Waals surface area contributed by atoms with E-state index in [0.717, 1.165) is 27.2 Å². The van der Waals surface area contributed by atoms with Crippen molar-refractivity contribution < 1.29 is 14.3 Å². The lowest BCUT2D eigenvalue weighted by atomic mass is 10.1. The van der Waals surface area contributed by atoms with E-state index in [-0.39, 0.29) is 18.4 Å². The van der Waals surface area contributed by atoms with Crippen LogP contribution in [0.15, 0.2) is 72.1 Å². The molecule has 3 aromatic carbocycles. The van der Waals surface area contributed by atoms with Gasteiger partial charge in [-0.25, -0.2) is 4.98 Å². The normalized spacial score (nSPS) is 10.7. The Balaban J connectivity index is 1.34. The number of nitrogens with zero attached hydrogens (tertiary/aromatic N) is 2. The number of carbonyl (C=O) groups is 2.